The van der Waals surface area contributed by atoms with Crippen molar-refractivity contribution in [2.24, 2.45) is 5.92 Å². The van der Waals surface area contributed by atoms with E-state index >= 15 is 0 Å². The molecule has 3 N–H and O–H groups in total. The number of carbonyl (C=O) groups is 2. The summed E-state index contributed by atoms with van der Waals surface area (Å²) in [5.74, 6) is -0.421. The van der Waals surface area contributed by atoms with E-state index in [-0.39, 0.29) is 34.9 Å². The summed E-state index contributed by atoms with van der Waals surface area (Å²) in [7, 11) is 0.470. The fourth-order valence-electron chi connectivity index (χ4n) is 2.71. The lowest BCUT2D eigenvalue weighted by Gasteiger charge is -2.16. The highest BCUT2D eigenvalue weighted by atomic mass is 32.2. The number of hydrogen-bond acceptors (Lipinski definition) is 6. The standard InChI is InChI=1S/C22H30N4O5S/c1-14(2)22(28)25-16-8-7-15(3)18(11-16)23-13-21(27)24-17-9-10-19(31-6)20(12-17)32(29,30)26(4)5/h7-12,14,23H,13H2,1-6H3,(H,24,27)(H,25,28). The van der Waals surface area contributed by atoms with Gasteiger partial charge in [-0.05, 0) is 42.8 Å². The number of rotatable bonds is 9. The Bertz CT molecular complexity index is 1100. The normalized spacial score (nSPS) is 11.4. The van der Waals surface area contributed by atoms with E-state index < -0.39 is 10.0 Å². The van der Waals surface area contributed by atoms with Crippen LogP contribution < -0.4 is 20.7 Å². The van der Waals surface area contributed by atoms with Gasteiger partial charge in [-0.1, -0.05) is 19.9 Å². The number of sulfonamides is 1. The second kappa shape index (κ2) is 10.5. The summed E-state index contributed by atoms with van der Waals surface area (Å²) in [6.07, 6.45) is 0. The van der Waals surface area contributed by atoms with Gasteiger partial charge in [0, 0.05) is 37.1 Å². The maximum absolute atomic E-state index is 12.5. The summed E-state index contributed by atoms with van der Waals surface area (Å²) in [5.41, 5.74) is 2.56. The van der Waals surface area contributed by atoms with Crippen LogP contribution in [0.1, 0.15) is 19.4 Å². The van der Waals surface area contributed by atoms with Gasteiger partial charge < -0.3 is 20.7 Å². The van der Waals surface area contributed by atoms with Gasteiger partial charge in [0.1, 0.15) is 10.6 Å². The monoisotopic (exact) mass is 462 g/mol. The van der Waals surface area contributed by atoms with Gasteiger partial charge in [0.2, 0.25) is 21.8 Å². The Balaban J connectivity index is 2.11. The molecule has 0 aliphatic carbocycles. The van der Waals surface area contributed by atoms with E-state index in [0.717, 1.165) is 9.87 Å². The van der Waals surface area contributed by atoms with Gasteiger partial charge in [-0.25, -0.2) is 12.7 Å². The second-order valence-electron chi connectivity index (χ2n) is 7.73. The highest BCUT2D eigenvalue weighted by molar-refractivity contribution is 7.89. The molecule has 9 nitrogen and oxygen atoms in total. The van der Waals surface area contributed by atoms with Gasteiger partial charge in [0.05, 0.1) is 13.7 Å². The molecule has 174 valence electrons. The van der Waals surface area contributed by atoms with Crippen LogP contribution in [0.5, 0.6) is 5.75 Å². The maximum Gasteiger partial charge on any atom is 0.246 e. The second-order valence-corrected chi connectivity index (χ2v) is 9.85. The third kappa shape index (κ3) is 6.21. The SMILES string of the molecule is COc1ccc(NC(=O)CNc2cc(NC(=O)C(C)C)ccc2C)cc1S(=O)(=O)N(C)C. The molecule has 32 heavy (non-hydrogen) atoms. The topological polar surface area (TPSA) is 117 Å². The minimum Gasteiger partial charge on any atom is -0.495 e. The molecule has 10 heteroatoms. The molecule has 2 aromatic carbocycles. The lowest BCUT2D eigenvalue weighted by molar-refractivity contribution is -0.119. The van der Waals surface area contributed by atoms with E-state index in [2.05, 4.69) is 16.0 Å². The van der Waals surface area contributed by atoms with Crippen molar-refractivity contribution in [3.8, 4) is 5.75 Å². The highest BCUT2D eigenvalue weighted by Crippen LogP contribution is 2.29. The van der Waals surface area contributed by atoms with Crippen molar-refractivity contribution in [3.63, 3.8) is 0 Å². The summed E-state index contributed by atoms with van der Waals surface area (Å²) in [6.45, 7) is 5.45. The molecule has 0 heterocycles. The fourth-order valence-corrected chi connectivity index (χ4v) is 3.79. The molecule has 0 bridgehead atoms. The molecule has 2 rings (SSSR count). The minimum absolute atomic E-state index is 0.0415. The Morgan fingerprint density at radius 3 is 2.25 bits per heavy atom. The first-order valence-electron chi connectivity index (χ1n) is 10.0. The first-order chi connectivity index (χ1) is 14.9. The number of hydrogen-bond donors (Lipinski definition) is 3. The quantitative estimate of drug-likeness (QED) is 0.528. The number of ether oxygens (including phenoxy) is 1. The van der Waals surface area contributed by atoms with Gasteiger partial charge in [-0.3, -0.25) is 9.59 Å². The summed E-state index contributed by atoms with van der Waals surface area (Å²) >= 11 is 0. The zero-order valence-electron chi connectivity index (χ0n) is 19.1. The smallest absolute Gasteiger partial charge is 0.246 e. The fraction of sp³-hybridized carbons (Fsp3) is 0.364. The maximum atomic E-state index is 12.5. The Morgan fingerprint density at radius 1 is 1.03 bits per heavy atom. The van der Waals surface area contributed by atoms with E-state index in [1.807, 2.05) is 13.0 Å². The number of benzene rings is 2. The molecule has 0 atom stereocenters. The van der Waals surface area contributed by atoms with E-state index in [4.69, 9.17) is 4.74 Å². The van der Waals surface area contributed by atoms with Crippen LogP contribution >= 0.6 is 0 Å². The molecule has 0 aromatic heterocycles. The molecule has 0 saturated carbocycles. The molecular weight excluding hydrogens is 432 g/mol. The Labute approximate surface area is 189 Å². The summed E-state index contributed by atoms with van der Waals surface area (Å²) in [6, 6.07) is 9.82. The number of carbonyl (C=O) groups excluding carboxylic acids is 2. The number of anilines is 3. The average Bonchev–Trinajstić information content (AvgIpc) is 2.73. The van der Waals surface area contributed by atoms with Gasteiger partial charge in [0.25, 0.3) is 0 Å². The van der Waals surface area contributed by atoms with Crippen LogP contribution in [-0.2, 0) is 19.6 Å². The van der Waals surface area contributed by atoms with Crippen molar-refractivity contribution in [2.75, 3.05) is 43.7 Å². The molecule has 0 fully saturated rings. The molecule has 0 spiro atoms. The summed E-state index contributed by atoms with van der Waals surface area (Å²) < 4.78 is 31.3. The lowest BCUT2D eigenvalue weighted by atomic mass is 10.1. The Kier molecular flexibility index (Phi) is 8.23. The average molecular weight is 463 g/mol. The van der Waals surface area contributed by atoms with Crippen molar-refractivity contribution < 1.29 is 22.7 Å². The van der Waals surface area contributed by atoms with Gasteiger partial charge >= 0.3 is 0 Å². The van der Waals surface area contributed by atoms with Crippen molar-refractivity contribution >= 4 is 38.9 Å². The molecule has 2 amide bonds. The molecule has 0 unspecified atom stereocenters. The van der Waals surface area contributed by atoms with Crippen molar-refractivity contribution in [2.45, 2.75) is 25.7 Å². The van der Waals surface area contributed by atoms with Crippen LogP contribution in [0.3, 0.4) is 0 Å². The minimum atomic E-state index is -3.75. The van der Waals surface area contributed by atoms with Crippen LogP contribution in [0.25, 0.3) is 0 Å². The van der Waals surface area contributed by atoms with Gasteiger partial charge in [-0.15, -0.1) is 0 Å². The van der Waals surface area contributed by atoms with Crippen LogP contribution in [0, 0.1) is 12.8 Å². The predicted molar refractivity (Wildman–Crippen MR) is 126 cm³/mol. The molecule has 2 aromatic rings. The van der Waals surface area contributed by atoms with Crippen LogP contribution in [0.2, 0.25) is 0 Å². The molecular formula is C22H30N4O5S. The van der Waals surface area contributed by atoms with Crippen LogP contribution in [0.15, 0.2) is 41.3 Å². The van der Waals surface area contributed by atoms with Crippen molar-refractivity contribution in [1.82, 2.24) is 4.31 Å². The van der Waals surface area contributed by atoms with Crippen molar-refractivity contribution in [3.05, 3.63) is 42.0 Å². The van der Waals surface area contributed by atoms with E-state index in [1.165, 1.54) is 33.3 Å². The van der Waals surface area contributed by atoms with E-state index in [0.29, 0.717) is 17.1 Å². The zero-order chi connectivity index (χ0) is 24.1. The number of aryl methyl sites for hydroxylation is 1. The largest absolute Gasteiger partial charge is 0.495 e. The number of amides is 2. The predicted octanol–water partition coefficient (Wildman–Crippen LogP) is 2.90. The van der Waals surface area contributed by atoms with E-state index in [9.17, 15) is 18.0 Å². The van der Waals surface area contributed by atoms with E-state index in [1.54, 1.807) is 32.0 Å². The van der Waals surface area contributed by atoms with Crippen LogP contribution in [0.4, 0.5) is 17.1 Å². The van der Waals surface area contributed by atoms with Crippen molar-refractivity contribution in [1.29, 1.82) is 0 Å². The van der Waals surface area contributed by atoms with Crippen LogP contribution in [-0.4, -0.2) is 52.3 Å². The molecule has 0 radical (unpaired) electrons. The summed E-state index contributed by atoms with van der Waals surface area (Å²) in [5, 5.41) is 8.56. The summed E-state index contributed by atoms with van der Waals surface area (Å²) in [4.78, 5) is 24.3. The molecule has 0 aliphatic heterocycles. The number of nitrogens with zero attached hydrogens (tertiary/aromatic N) is 1. The molecule has 0 aliphatic rings. The van der Waals surface area contributed by atoms with Gasteiger partial charge in [0.15, 0.2) is 0 Å². The van der Waals surface area contributed by atoms with Gasteiger partial charge in [-0.2, -0.15) is 0 Å². The number of methoxy groups -OCH3 is 1. The zero-order valence-corrected chi connectivity index (χ0v) is 20.0. The first-order valence-corrected chi connectivity index (χ1v) is 11.5. The Morgan fingerprint density at radius 2 is 1.66 bits per heavy atom. The third-order valence-electron chi connectivity index (χ3n) is 4.67. The first kappa shape index (κ1) is 25.2. The lowest BCUT2D eigenvalue weighted by Crippen LogP contribution is -2.24. The number of nitrogens with one attached hydrogen (secondary N) is 3. The Hall–Kier alpha value is -3.11. The third-order valence-corrected chi connectivity index (χ3v) is 6.51. The highest BCUT2D eigenvalue weighted by Gasteiger charge is 2.23. The molecule has 0 saturated heterocycles.